The summed E-state index contributed by atoms with van der Waals surface area (Å²) < 4.78 is 55.9. The van der Waals surface area contributed by atoms with Gasteiger partial charge in [0.15, 0.2) is 5.82 Å². The van der Waals surface area contributed by atoms with Crippen LogP contribution < -0.4 is 11.2 Å². The standard InChI is InChI=1S/C18H22BF4N5/c1-10(5-12(24)6-11-7-13(19)15(21)8-14(11)20)27-3-4-28-16(9-27)25-26-17(28)18(2,22)23/h7-8,12H,1,3-6,9,19,24H2,2H3. The summed E-state index contributed by atoms with van der Waals surface area (Å²) in [7, 11) is 1.57. The van der Waals surface area contributed by atoms with E-state index in [1.165, 1.54) is 10.6 Å². The van der Waals surface area contributed by atoms with E-state index in [0.29, 0.717) is 48.6 Å². The van der Waals surface area contributed by atoms with Crippen molar-refractivity contribution in [2.75, 3.05) is 6.54 Å². The van der Waals surface area contributed by atoms with Gasteiger partial charge in [-0.25, -0.2) is 8.78 Å². The first-order chi connectivity index (χ1) is 13.1. The molecule has 0 saturated heterocycles. The highest BCUT2D eigenvalue weighted by molar-refractivity contribution is 6.32. The van der Waals surface area contributed by atoms with Crippen molar-refractivity contribution in [2.24, 2.45) is 5.73 Å². The maximum atomic E-state index is 13.9. The third kappa shape index (κ3) is 4.21. The SMILES string of the molecule is Bc1cc(CC(N)CC(=C)N2CCn3c(nnc3C(C)(F)F)C2)c(F)cc1F. The van der Waals surface area contributed by atoms with E-state index < -0.39 is 23.6 Å². The highest BCUT2D eigenvalue weighted by Crippen LogP contribution is 2.28. The molecule has 0 bridgehead atoms. The second kappa shape index (κ2) is 7.58. The van der Waals surface area contributed by atoms with Crippen molar-refractivity contribution >= 4 is 13.3 Å². The molecule has 3 rings (SSSR count). The Morgan fingerprint density at radius 3 is 2.68 bits per heavy atom. The van der Waals surface area contributed by atoms with Gasteiger partial charge in [0.2, 0.25) is 5.82 Å². The molecule has 1 aliphatic heterocycles. The second-order valence-corrected chi connectivity index (χ2v) is 7.33. The van der Waals surface area contributed by atoms with Gasteiger partial charge in [-0.1, -0.05) is 18.1 Å². The average Bonchev–Trinajstić information content (AvgIpc) is 3.03. The first-order valence-corrected chi connectivity index (χ1v) is 8.99. The van der Waals surface area contributed by atoms with Crippen molar-refractivity contribution in [2.45, 2.75) is 44.8 Å². The van der Waals surface area contributed by atoms with Crippen molar-refractivity contribution in [3.8, 4) is 0 Å². The van der Waals surface area contributed by atoms with Crippen LogP contribution in [0.25, 0.3) is 0 Å². The first-order valence-electron chi connectivity index (χ1n) is 8.99. The molecule has 28 heavy (non-hydrogen) atoms. The number of aromatic nitrogens is 3. The number of fused-ring (bicyclic) bond motifs is 1. The molecule has 1 aromatic carbocycles. The van der Waals surface area contributed by atoms with Crippen molar-refractivity contribution in [1.82, 2.24) is 19.7 Å². The zero-order valence-electron chi connectivity index (χ0n) is 15.9. The van der Waals surface area contributed by atoms with Gasteiger partial charge in [-0.3, -0.25) is 0 Å². The normalized spacial score (nSPS) is 15.4. The molecule has 5 nitrogen and oxygen atoms in total. The Bertz CT molecular complexity index is 893. The quantitative estimate of drug-likeness (QED) is 0.591. The molecule has 1 atom stereocenters. The van der Waals surface area contributed by atoms with E-state index in [-0.39, 0.29) is 12.2 Å². The van der Waals surface area contributed by atoms with Crippen LogP contribution in [0.5, 0.6) is 0 Å². The lowest BCUT2D eigenvalue weighted by Crippen LogP contribution is -2.37. The first kappa shape index (κ1) is 20.4. The second-order valence-electron chi connectivity index (χ2n) is 7.33. The van der Waals surface area contributed by atoms with Crippen LogP contribution in [0.15, 0.2) is 24.4 Å². The van der Waals surface area contributed by atoms with Gasteiger partial charge < -0.3 is 15.2 Å². The van der Waals surface area contributed by atoms with Crippen molar-refractivity contribution in [3.63, 3.8) is 0 Å². The zero-order valence-corrected chi connectivity index (χ0v) is 15.9. The molecule has 1 aromatic heterocycles. The van der Waals surface area contributed by atoms with Gasteiger partial charge >= 0.3 is 5.92 Å². The summed E-state index contributed by atoms with van der Waals surface area (Å²) in [5, 5.41) is 7.48. The Morgan fingerprint density at radius 2 is 2.00 bits per heavy atom. The number of benzene rings is 1. The maximum Gasteiger partial charge on any atom is 0.304 e. The lowest BCUT2D eigenvalue weighted by Gasteiger charge is -2.32. The van der Waals surface area contributed by atoms with E-state index in [4.69, 9.17) is 5.73 Å². The van der Waals surface area contributed by atoms with Gasteiger partial charge in [0.05, 0.1) is 6.54 Å². The zero-order chi connectivity index (χ0) is 20.6. The minimum absolute atomic E-state index is 0.238. The lowest BCUT2D eigenvalue weighted by atomic mass is 9.91. The third-order valence-electron chi connectivity index (χ3n) is 4.90. The lowest BCUT2D eigenvalue weighted by molar-refractivity contribution is 0.00240. The summed E-state index contributed by atoms with van der Waals surface area (Å²) in [5.74, 6) is -4.16. The van der Waals surface area contributed by atoms with Gasteiger partial charge in [-0.15, -0.1) is 10.2 Å². The van der Waals surface area contributed by atoms with Crippen LogP contribution in [-0.4, -0.2) is 40.1 Å². The van der Waals surface area contributed by atoms with Crippen LogP contribution in [-0.2, 0) is 25.4 Å². The Kier molecular flexibility index (Phi) is 5.51. The molecular formula is C18H22BF4N5. The fourth-order valence-corrected chi connectivity index (χ4v) is 3.41. The number of hydrogen-bond acceptors (Lipinski definition) is 4. The molecule has 0 aliphatic carbocycles. The largest absolute Gasteiger partial charge is 0.366 e. The monoisotopic (exact) mass is 395 g/mol. The van der Waals surface area contributed by atoms with Crippen LogP contribution in [0.3, 0.4) is 0 Å². The molecule has 0 amide bonds. The Labute approximate surface area is 161 Å². The van der Waals surface area contributed by atoms with Crippen LogP contribution in [0.2, 0.25) is 0 Å². The molecule has 1 aliphatic rings. The minimum Gasteiger partial charge on any atom is -0.366 e. The van der Waals surface area contributed by atoms with Gasteiger partial charge in [-0.05, 0) is 12.0 Å². The fraction of sp³-hybridized carbons (Fsp3) is 0.444. The van der Waals surface area contributed by atoms with Crippen LogP contribution >= 0.6 is 0 Å². The van der Waals surface area contributed by atoms with Gasteiger partial charge in [0, 0.05) is 44.2 Å². The van der Waals surface area contributed by atoms with Gasteiger partial charge in [-0.2, -0.15) is 8.78 Å². The summed E-state index contributed by atoms with van der Waals surface area (Å²) in [5.41, 5.74) is 7.58. The highest BCUT2D eigenvalue weighted by atomic mass is 19.3. The molecule has 10 heteroatoms. The summed E-state index contributed by atoms with van der Waals surface area (Å²) in [6, 6.07) is 1.91. The maximum absolute atomic E-state index is 13.9. The Hall–Kier alpha value is -2.36. The summed E-state index contributed by atoms with van der Waals surface area (Å²) in [4.78, 5) is 1.91. The number of rotatable bonds is 6. The number of hydrogen-bond donors (Lipinski definition) is 1. The van der Waals surface area contributed by atoms with Crippen molar-refractivity contribution < 1.29 is 17.6 Å². The smallest absolute Gasteiger partial charge is 0.304 e. The van der Waals surface area contributed by atoms with Crippen LogP contribution in [0, 0.1) is 11.6 Å². The van der Waals surface area contributed by atoms with E-state index in [9.17, 15) is 17.6 Å². The topological polar surface area (TPSA) is 60.0 Å². The summed E-state index contributed by atoms with van der Waals surface area (Å²) in [6.07, 6.45) is 0.628. The fourth-order valence-electron chi connectivity index (χ4n) is 3.41. The number of nitrogens with two attached hydrogens (primary N) is 1. The van der Waals surface area contributed by atoms with E-state index in [1.807, 2.05) is 4.90 Å². The predicted octanol–water partition coefficient (Wildman–Crippen LogP) is 1.22. The molecule has 2 heterocycles. The molecule has 0 spiro atoms. The average molecular weight is 395 g/mol. The van der Waals surface area contributed by atoms with E-state index in [1.54, 1.807) is 7.85 Å². The van der Waals surface area contributed by atoms with E-state index in [2.05, 4.69) is 16.8 Å². The number of alkyl halides is 2. The summed E-state index contributed by atoms with van der Waals surface area (Å²) in [6.45, 7) is 5.93. The molecule has 1 unspecified atom stereocenters. The van der Waals surface area contributed by atoms with Crippen molar-refractivity contribution in [3.05, 3.63) is 53.3 Å². The Balaban J connectivity index is 1.63. The van der Waals surface area contributed by atoms with E-state index in [0.717, 1.165) is 13.0 Å². The van der Waals surface area contributed by atoms with Gasteiger partial charge in [0.25, 0.3) is 0 Å². The van der Waals surface area contributed by atoms with Crippen LogP contribution in [0.4, 0.5) is 17.6 Å². The molecule has 2 aromatic rings. The number of halogens is 4. The third-order valence-corrected chi connectivity index (χ3v) is 4.90. The predicted molar refractivity (Wildman–Crippen MR) is 100.0 cm³/mol. The number of nitrogens with zero attached hydrogens (tertiary/aromatic N) is 4. The molecule has 150 valence electrons. The molecule has 0 fully saturated rings. The molecular weight excluding hydrogens is 373 g/mol. The van der Waals surface area contributed by atoms with Crippen LogP contribution in [0.1, 0.15) is 30.6 Å². The Morgan fingerprint density at radius 1 is 1.29 bits per heavy atom. The molecule has 0 saturated carbocycles. The summed E-state index contributed by atoms with van der Waals surface area (Å²) >= 11 is 0. The molecule has 0 radical (unpaired) electrons. The highest BCUT2D eigenvalue weighted by Gasteiger charge is 2.34. The van der Waals surface area contributed by atoms with Gasteiger partial charge in [0.1, 0.15) is 19.5 Å². The van der Waals surface area contributed by atoms with Crippen molar-refractivity contribution in [1.29, 1.82) is 0 Å². The van der Waals surface area contributed by atoms with E-state index >= 15 is 0 Å². The minimum atomic E-state index is -3.05. The molecule has 2 N–H and O–H groups in total.